The molecular weight excluding hydrogens is 463 g/mol. The van der Waals surface area contributed by atoms with E-state index in [0.29, 0.717) is 50.9 Å². The normalized spacial score (nSPS) is 15.1. The van der Waals surface area contributed by atoms with E-state index in [9.17, 15) is 4.39 Å². The van der Waals surface area contributed by atoms with Crippen LogP contribution in [0.3, 0.4) is 0 Å². The first-order chi connectivity index (χ1) is 15.0. The zero-order valence-electron chi connectivity index (χ0n) is 17.3. The summed E-state index contributed by atoms with van der Waals surface area (Å²) < 4.78 is 26.7. The first-order valence-electron chi connectivity index (χ1n) is 10.1. The van der Waals surface area contributed by atoms with E-state index in [2.05, 4.69) is 49.7 Å². The molecule has 1 fully saturated rings. The maximum absolute atomic E-state index is 14.3. The number of rotatable bonds is 7. The van der Waals surface area contributed by atoms with Gasteiger partial charge in [-0.3, -0.25) is 0 Å². The Morgan fingerprint density at radius 2 is 2.03 bits per heavy atom. The minimum Gasteiger partial charge on any atom is -0.489 e. The summed E-state index contributed by atoms with van der Waals surface area (Å²) in [5.74, 6) is 1.71. The van der Waals surface area contributed by atoms with E-state index in [1.54, 1.807) is 18.2 Å². The molecule has 2 aromatic carbocycles. The van der Waals surface area contributed by atoms with E-state index in [0.717, 1.165) is 25.9 Å². The number of hydrogen-bond donors (Lipinski definition) is 1. The standard InChI is InChI=1S/C23H24BrFN4O2/c1-3-30-21-11-17-20(12-22(21)31-13-15-6-8-29(2)9-7-15)26-14-27-23(17)28-19-5-4-16(24)10-18(19)25/h3-5,10-12,14-15H,1,6-9,13H2,2H3,(H,26,27,28). The molecule has 0 radical (unpaired) electrons. The molecule has 2 heterocycles. The minimum atomic E-state index is -0.387. The van der Waals surface area contributed by atoms with Gasteiger partial charge in [0.15, 0.2) is 11.5 Å². The Hall–Kier alpha value is -2.71. The maximum Gasteiger partial charge on any atom is 0.169 e. The summed E-state index contributed by atoms with van der Waals surface area (Å²) in [7, 11) is 2.14. The molecular formula is C23H24BrFN4O2. The van der Waals surface area contributed by atoms with Gasteiger partial charge >= 0.3 is 0 Å². The lowest BCUT2D eigenvalue weighted by atomic mass is 9.98. The smallest absolute Gasteiger partial charge is 0.169 e. The highest BCUT2D eigenvalue weighted by atomic mass is 79.9. The Labute approximate surface area is 189 Å². The molecule has 0 atom stereocenters. The highest BCUT2D eigenvalue weighted by molar-refractivity contribution is 9.10. The van der Waals surface area contributed by atoms with Crippen LogP contribution in [0.5, 0.6) is 11.5 Å². The van der Waals surface area contributed by atoms with Gasteiger partial charge in [-0.1, -0.05) is 22.5 Å². The van der Waals surface area contributed by atoms with Gasteiger partial charge in [-0.05, 0) is 63.2 Å². The molecule has 0 bridgehead atoms. The number of piperidine rings is 1. The summed E-state index contributed by atoms with van der Waals surface area (Å²) in [5.41, 5.74) is 0.988. The molecule has 1 aliphatic rings. The van der Waals surface area contributed by atoms with Gasteiger partial charge in [0, 0.05) is 15.9 Å². The summed E-state index contributed by atoms with van der Waals surface area (Å²) in [6.45, 7) is 6.44. The lowest BCUT2D eigenvalue weighted by molar-refractivity contribution is 0.158. The summed E-state index contributed by atoms with van der Waals surface area (Å²) in [4.78, 5) is 11.0. The van der Waals surface area contributed by atoms with Crippen LogP contribution in [0.2, 0.25) is 0 Å². The number of nitrogens with zero attached hydrogens (tertiary/aromatic N) is 3. The average molecular weight is 487 g/mol. The topological polar surface area (TPSA) is 59.5 Å². The number of aromatic nitrogens is 2. The molecule has 6 nitrogen and oxygen atoms in total. The average Bonchev–Trinajstić information content (AvgIpc) is 2.76. The van der Waals surface area contributed by atoms with Crippen LogP contribution in [0, 0.1) is 11.7 Å². The van der Waals surface area contributed by atoms with Crippen molar-refractivity contribution in [3.05, 3.63) is 59.8 Å². The molecule has 0 unspecified atom stereocenters. The van der Waals surface area contributed by atoms with Gasteiger partial charge in [-0.25, -0.2) is 14.4 Å². The minimum absolute atomic E-state index is 0.317. The van der Waals surface area contributed by atoms with E-state index in [-0.39, 0.29) is 5.82 Å². The van der Waals surface area contributed by atoms with E-state index >= 15 is 0 Å². The zero-order chi connectivity index (χ0) is 21.8. The number of ether oxygens (including phenoxy) is 2. The molecule has 31 heavy (non-hydrogen) atoms. The molecule has 0 spiro atoms. The molecule has 0 amide bonds. The lowest BCUT2D eigenvalue weighted by Crippen LogP contribution is -2.32. The second kappa shape index (κ2) is 9.62. The summed E-state index contributed by atoms with van der Waals surface area (Å²) in [6, 6.07) is 8.42. The van der Waals surface area contributed by atoms with Crippen LogP contribution in [0.4, 0.5) is 15.9 Å². The van der Waals surface area contributed by atoms with Gasteiger partial charge in [0.2, 0.25) is 0 Å². The molecule has 8 heteroatoms. The Balaban J connectivity index is 1.61. The van der Waals surface area contributed by atoms with Crippen molar-refractivity contribution >= 4 is 38.3 Å². The summed E-state index contributed by atoms with van der Waals surface area (Å²) in [5, 5.41) is 3.73. The van der Waals surface area contributed by atoms with Crippen LogP contribution in [0.15, 0.2) is 54.0 Å². The molecule has 0 saturated carbocycles. The third kappa shape index (κ3) is 5.14. The highest BCUT2D eigenvalue weighted by Gasteiger charge is 2.19. The molecule has 162 valence electrons. The number of fused-ring (bicyclic) bond motifs is 1. The van der Waals surface area contributed by atoms with Crippen LogP contribution >= 0.6 is 15.9 Å². The quantitative estimate of drug-likeness (QED) is 0.443. The predicted molar refractivity (Wildman–Crippen MR) is 123 cm³/mol. The molecule has 1 N–H and O–H groups in total. The largest absolute Gasteiger partial charge is 0.489 e. The SMILES string of the molecule is C=COc1cc2c(Nc3ccc(Br)cc3F)ncnc2cc1OCC1CCN(C)CC1. The monoisotopic (exact) mass is 486 g/mol. The number of hydrogen-bond acceptors (Lipinski definition) is 6. The first kappa shape index (κ1) is 21.5. The van der Waals surface area contributed by atoms with Gasteiger partial charge in [0.1, 0.15) is 18.0 Å². The fourth-order valence-corrected chi connectivity index (χ4v) is 3.95. The van der Waals surface area contributed by atoms with Gasteiger partial charge in [0.25, 0.3) is 0 Å². The van der Waals surface area contributed by atoms with Crippen molar-refractivity contribution in [3.63, 3.8) is 0 Å². The van der Waals surface area contributed by atoms with E-state index < -0.39 is 0 Å². The predicted octanol–water partition coefficient (Wildman–Crippen LogP) is 5.52. The Morgan fingerprint density at radius 3 is 2.77 bits per heavy atom. The maximum atomic E-state index is 14.3. The molecule has 1 aromatic heterocycles. The van der Waals surface area contributed by atoms with Crippen LogP contribution in [-0.2, 0) is 0 Å². The van der Waals surface area contributed by atoms with Crippen molar-refractivity contribution in [2.75, 3.05) is 32.1 Å². The second-order valence-corrected chi connectivity index (χ2v) is 8.55. The number of anilines is 2. The fraction of sp³-hybridized carbons (Fsp3) is 0.304. The van der Waals surface area contributed by atoms with Crippen molar-refractivity contribution in [2.45, 2.75) is 12.8 Å². The van der Waals surface area contributed by atoms with Gasteiger partial charge < -0.3 is 19.7 Å². The molecule has 1 saturated heterocycles. The Morgan fingerprint density at radius 1 is 1.23 bits per heavy atom. The first-order valence-corrected chi connectivity index (χ1v) is 10.9. The fourth-order valence-electron chi connectivity index (χ4n) is 3.61. The molecule has 3 aromatic rings. The van der Waals surface area contributed by atoms with Crippen molar-refractivity contribution in [2.24, 2.45) is 5.92 Å². The molecule has 1 aliphatic heterocycles. The van der Waals surface area contributed by atoms with E-state index in [4.69, 9.17) is 9.47 Å². The third-order valence-electron chi connectivity index (χ3n) is 5.41. The number of halogens is 2. The van der Waals surface area contributed by atoms with Crippen molar-refractivity contribution in [1.29, 1.82) is 0 Å². The highest BCUT2D eigenvalue weighted by Crippen LogP contribution is 2.36. The van der Waals surface area contributed by atoms with Gasteiger partial charge in [-0.2, -0.15) is 0 Å². The zero-order valence-corrected chi connectivity index (χ0v) is 18.9. The third-order valence-corrected chi connectivity index (χ3v) is 5.90. The second-order valence-electron chi connectivity index (χ2n) is 7.63. The Bertz CT molecular complexity index is 1090. The molecule has 0 aliphatic carbocycles. The summed E-state index contributed by atoms with van der Waals surface area (Å²) >= 11 is 3.27. The molecule has 4 rings (SSSR count). The number of likely N-dealkylation sites (tertiary alicyclic amines) is 1. The van der Waals surface area contributed by atoms with Gasteiger partial charge in [-0.15, -0.1) is 0 Å². The Kier molecular flexibility index (Phi) is 6.67. The van der Waals surface area contributed by atoms with Crippen LogP contribution < -0.4 is 14.8 Å². The van der Waals surface area contributed by atoms with E-state index in [1.807, 2.05) is 6.07 Å². The van der Waals surface area contributed by atoms with Crippen LogP contribution in [0.25, 0.3) is 10.9 Å². The number of benzene rings is 2. The van der Waals surface area contributed by atoms with Crippen LogP contribution in [0.1, 0.15) is 12.8 Å². The number of nitrogens with one attached hydrogen (secondary N) is 1. The van der Waals surface area contributed by atoms with E-state index in [1.165, 1.54) is 18.7 Å². The van der Waals surface area contributed by atoms with Crippen LogP contribution in [-0.4, -0.2) is 41.6 Å². The van der Waals surface area contributed by atoms with Crippen molar-refractivity contribution in [3.8, 4) is 11.5 Å². The van der Waals surface area contributed by atoms with Gasteiger partial charge in [0.05, 0.1) is 24.1 Å². The van der Waals surface area contributed by atoms with Crippen molar-refractivity contribution in [1.82, 2.24) is 14.9 Å². The lowest BCUT2D eigenvalue weighted by Gasteiger charge is -2.28. The summed E-state index contributed by atoms with van der Waals surface area (Å²) in [6.07, 6.45) is 5.01. The van der Waals surface area contributed by atoms with Crippen molar-refractivity contribution < 1.29 is 13.9 Å².